The van der Waals surface area contributed by atoms with E-state index in [2.05, 4.69) is 10.3 Å². The number of para-hydroxylation sites is 1. The van der Waals surface area contributed by atoms with Crippen LogP contribution in [0.25, 0.3) is 21.0 Å². The van der Waals surface area contributed by atoms with Crippen LogP contribution in [-0.4, -0.2) is 34.2 Å². The van der Waals surface area contributed by atoms with Gasteiger partial charge in [0.2, 0.25) is 17.7 Å². The molecule has 1 aliphatic heterocycles. The molecule has 1 saturated heterocycles. The van der Waals surface area contributed by atoms with Crippen LogP contribution in [0, 0.1) is 11.8 Å². The average Bonchev–Trinajstić information content (AvgIpc) is 3.49. The molecule has 0 radical (unpaired) electrons. The molecule has 2 aliphatic rings. The molecule has 31 heavy (non-hydrogen) atoms. The lowest BCUT2D eigenvalue weighted by Gasteiger charge is -2.19. The molecule has 2 atom stereocenters. The number of hydrogen-bond donors (Lipinski definition) is 1. The summed E-state index contributed by atoms with van der Waals surface area (Å²) in [6.07, 6.45) is 3.66. The quantitative estimate of drug-likeness (QED) is 0.593. The molecule has 1 N–H and O–H groups in total. The Morgan fingerprint density at radius 2 is 1.84 bits per heavy atom. The van der Waals surface area contributed by atoms with E-state index in [1.807, 2.05) is 36.4 Å². The predicted molar refractivity (Wildman–Crippen MR) is 116 cm³/mol. The SMILES string of the molecule is O=C(CCN1C(=O)C2CCCCC2C1=O)NCc1ccc(-c2nc3ccccc3s2)o1. The van der Waals surface area contributed by atoms with Gasteiger partial charge in [-0.3, -0.25) is 19.3 Å². The summed E-state index contributed by atoms with van der Waals surface area (Å²) < 4.78 is 6.93. The zero-order chi connectivity index (χ0) is 21.4. The minimum absolute atomic E-state index is 0.0996. The van der Waals surface area contributed by atoms with E-state index in [4.69, 9.17) is 4.42 Å². The highest BCUT2D eigenvalue weighted by Crippen LogP contribution is 2.38. The van der Waals surface area contributed by atoms with E-state index in [-0.39, 0.29) is 49.1 Å². The minimum atomic E-state index is -0.214. The number of thiazole rings is 1. The molecular weight excluding hydrogens is 414 g/mol. The van der Waals surface area contributed by atoms with Crippen LogP contribution in [0.5, 0.6) is 0 Å². The zero-order valence-electron chi connectivity index (χ0n) is 17.0. The maximum Gasteiger partial charge on any atom is 0.233 e. The fraction of sp³-hybridized carbons (Fsp3) is 0.391. The molecule has 160 valence electrons. The van der Waals surface area contributed by atoms with Crippen molar-refractivity contribution < 1.29 is 18.8 Å². The summed E-state index contributed by atoms with van der Waals surface area (Å²) in [5, 5.41) is 3.61. The van der Waals surface area contributed by atoms with Crippen LogP contribution in [0.1, 0.15) is 37.9 Å². The number of nitrogens with zero attached hydrogens (tertiary/aromatic N) is 2. The van der Waals surface area contributed by atoms with Crippen molar-refractivity contribution in [3.8, 4) is 10.8 Å². The molecule has 2 unspecified atom stereocenters. The Hall–Kier alpha value is -3.00. The van der Waals surface area contributed by atoms with Crippen molar-refractivity contribution in [2.75, 3.05) is 6.54 Å². The molecule has 2 fully saturated rings. The monoisotopic (exact) mass is 437 g/mol. The predicted octanol–water partition coefficient (Wildman–Crippen LogP) is 3.74. The fourth-order valence-electron chi connectivity index (χ4n) is 4.50. The molecule has 0 spiro atoms. The number of benzene rings is 1. The van der Waals surface area contributed by atoms with Gasteiger partial charge in [-0.25, -0.2) is 4.98 Å². The van der Waals surface area contributed by atoms with Crippen molar-refractivity contribution in [2.24, 2.45) is 11.8 Å². The Morgan fingerprint density at radius 1 is 1.10 bits per heavy atom. The topological polar surface area (TPSA) is 92.5 Å². The molecular formula is C23H23N3O4S. The van der Waals surface area contributed by atoms with Crippen molar-refractivity contribution in [3.05, 3.63) is 42.2 Å². The van der Waals surface area contributed by atoms with Crippen LogP contribution in [0.15, 0.2) is 40.8 Å². The Bertz CT molecular complexity index is 1090. The second-order valence-corrected chi connectivity index (χ2v) is 9.14. The highest BCUT2D eigenvalue weighted by Gasteiger charge is 2.47. The first kappa shape index (κ1) is 19.9. The Kier molecular flexibility index (Phi) is 5.31. The largest absolute Gasteiger partial charge is 0.457 e. The lowest BCUT2D eigenvalue weighted by atomic mass is 9.81. The fourth-order valence-corrected chi connectivity index (χ4v) is 5.43. The van der Waals surface area contributed by atoms with E-state index in [9.17, 15) is 14.4 Å². The second kappa shape index (κ2) is 8.26. The summed E-state index contributed by atoms with van der Waals surface area (Å²) >= 11 is 1.56. The van der Waals surface area contributed by atoms with Gasteiger partial charge in [0.05, 0.1) is 28.6 Å². The van der Waals surface area contributed by atoms with Gasteiger partial charge in [0, 0.05) is 13.0 Å². The number of likely N-dealkylation sites (tertiary alicyclic amines) is 1. The lowest BCUT2D eigenvalue weighted by Crippen LogP contribution is -2.35. The first-order chi connectivity index (χ1) is 15.1. The van der Waals surface area contributed by atoms with Crippen LogP contribution < -0.4 is 5.32 Å². The summed E-state index contributed by atoms with van der Waals surface area (Å²) in [6, 6.07) is 11.6. The van der Waals surface area contributed by atoms with Crippen molar-refractivity contribution in [3.63, 3.8) is 0 Å². The summed E-state index contributed by atoms with van der Waals surface area (Å²) in [5.74, 6) is 0.529. The van der Waals surface area contributed by atoms with Crippen LogP contribution >= 0.6 is 11.3 Å². The maximum atomic E-state index is 12.5. The minimum Gasteiger partial charge on any atom is -0.457 e. The summed E-state index contributed by atoms with van der Waals surface area (Å²) in [4.78, 5) is 43.1. The number of aromatic nitrogens is 1. The van der Waals surface area contributed by atoms with Crippen molar-refractivity contribution in [2.45, 2.75) is 38.6 Å². The van der Waals surface area contributed by atoms with Gasteiger partial charge in [0.1, 0.15) is 5.76 Å². The van der Waals surface area contributed by atoms with Crippen LogP contribution in [0.4, 0.5) is 0 Å². The van der Waals surface area contributed by atoms with Gasteiger partial charge in [-0.15, -0.1) is 11.3 Å². The first-order valence-corrected chi connectivity index (χ1v) is 11.5. The van der Waals surface area contributed by atoms with E-state index in [1.54, 1.807) is 11.3 Å². The lowest BCUT2D eigenvalue weighted by molar-refractivity contribution is -0.140. The highest BCUT2D eigenvalue weighted by atomic mass is 32.1. The molecule has 3 aromatic rings. The molecule has 0 bridgehead atoms. The zero-order valence-corrected chi connectivity index (χ0v) is 17.8. The third kappa shape index (κ3) is 3.87. The number of fused-ring (bicyclic) bond motifs is 2. The third-order valence-corrected chi connectivity index (χ3v) is 7.17. The van der Waals surface area contributed by atoms with Gasteiger partial charge in [-0.1, -0.05) is 25.0 Å². The summed E-state index contributed by atoms with van der Waals surface area (Å²) in [6.45, 7) is 0.391. The number of imide groups is 1. The average molecular weight is 438 g/mol. The Morgan fingerprint density at radius 3 is 2.58 bits per heavy atom. The normalized spacial score (nSPS) is 21.0. The highest BCUT2D eigenvalue weighted by molar-refractivity contribution is 7.21. The molecule has 3 amide bonds. The number of nitrogens with one attached hydrogen (secondary N) is 1. The van der Waals surface area contributed by atoms with Crippen molar-refractivity contribution in [1.29, 1.82) is 0 Å². The van der Waals surface area contributed by atoms with Crippen LogP contribution in [0.3, 0.4) is 0 Å². The van der Waals surface area contributed by atoms with Crippen molar-refractivity contribution in [1.82, 2.24) is 15.2 Å². The molecule has 1 saturated carbocycles. The number of carbonyl (C=O) groups is 3. The molecule has 2 aromatic heterocycles. The summed E-state index contributed by atoms with van der Waals surface area (Å²) in [7, 11) is 0. The van der Waals surface area contributed by atoms with Gasteiger partial charge >= 0.3 is 0 Å². The van der Waals surface area contributed by atoms with E-state index >= 15 is 0 Å². The van der Waals surface area contributed by atoms with Gasteiger partial charge in [0.25, 0.3) is 0 Å². The van der Waals surface area contributed by atoms with Crippen molar-refractivity contribution >= 4 is 39.3 Å². The molecule has 1 aliphatic carbocycles. The van der Waals surface area contributed by atoms with Gasteiger partial charge < -0.3 is 9.73 Å². The van der Waals surface area contributed by atoms with Gasteiger partial charge in [0.15, 0.2) is 10.8 Å². The van der Waals surface area contributed by atoms with Crippen LogP contribution in [-0.2, 0) is 20.9 Å². The number of amides is 3. The van der Waals surface area contributed by atoms with E-state index < -0.39 is 0 Å². The molecule has 8 heteroatoms. The van der Waals surface area contributed by atoms with E-state index in [0.717, 1.165) is 40.9 Å². The van der Waals surface area contributed by atoms with E-state index in [1.165, 1.54) is 4.90 Å². The Balaban J connectivity index is 1.14. The first-order valence-electron chi connectivity index (χ1n) is 10.7. The number of carbonyl (C=O) groups excluding carboxylic acids is 3. The molecule has 7 nitrogen and oxygen atoms in total. The molecule has 5 rings (SSSR count). The number of furan rings is 1. The molecule has 1 aromatic carbocycles. The number of hydrogen-bond acceptors (Lipinski definition) is 6. The summed E-state index contributed by atoms with van der Waals surface area (Å²) in [5.41, 5.74) is 0.930. The number of rotatable bonds is 6. The Labute approximate surface area is 183 Å². The van der Waals surface area contributed by atoms with Gasteiger partial charge in [-0.2, -0.15) is 0 Å². The van der Waals surface area contributed by atoms with Crippen LogP contribution in [0.2, 0.25) is 0 Å². The smallest absolute Gasteiger partial charge is 0.233 e. The van der Waals surface area contributed by atoms with Gasteiger partial charge in [-0.05, 0) is 37.1 Å². The standard InChI is InChI=1S/C23H23N3O4S/c27-20(11-12-26-22(28)15-5-1-2-6-16(15)23(26)29)24-13-14-9-10-18(30-14)21-25-17-7-3-4-8-19(17)31-21/h3-4,7-10,15-16H,1-2,5-6,11-13H2,(H,24,27). The maximum absolute atomic E-state index is 12.5. The molecule has 3 heterocycles. The second-order valence-electron chi connectivity index (χ2n) is 8.10. The van der Waals surface area contributed by atoms with E-state index in [0.29, 0.717) is 11.5 Å². The third-order valence-electron chi connectivity index (χ3n) is 6.12.